The Bertz CT molecular complexity index is 490. The fourth-order valence-electron chi connectivity index (χ4n) is 2.29. The second-order valence-electron chi connectivity index (χ2n) is 4.62. The molecule has 19 heavy (non-hydrogen) atoms. The second kappa shape index (κ2) is 5.07. The largest absolute Gasteiger partial charge is 0.479 e. The highest BCUT2D eigenvalue weighted by atomic mass is 16.7. The first-order valence-electron chi connectivity index (χ1n) is 6.17. The lowest BCUT2D eigenvalue weighted by molar-refractivity contribution is -0.156. The molecule has 2 heterocycles. The molecule has 1 atom stereocenters. The highest BCUT2D eigenvalue weighted by Crippen LogP contribution is 2.32. The molecule has 0 aromatic heterocycles. The highest BCUT2D eigenvalue weighted by Gasteiger charge is 2.26. The molecule has 1 unspecified atom stereocenters. The minimum absolute atomic E-state index is 0.261. The molecule has 0 aliphatic carbocycles. The van der Waals surface area contributed by atoms with E-state index in [0.29, 0.717) is 19.7 Å². The van der Waals surface area contributed by atoms with Crippen molar-refractivity contribution in [1.29, 1.82) is 0 Å². The van der Waals surface area contributed by atoms with Gasteiger partial charge in [0.05, 0.1) is 6.61 Å². The molecule has 0 spiro atoms. The summed E-state index contributed by atoms with van der Waals surface area (Å²) in [4.78, 5) is 13.0. The molecular weight excluding hydrogens is 250 g/mol. The predicted molar refractivity (Wildman–Crippen MR) is 65.2 cm³/mol. The van der Waals surface area contributed by atoms with Gasteiger partial charge in [0.15, 0.2) is 17.6 Å². The van der Waals surface area contributed by atoms with Crippen LogP contribution >= 0.6 is 0 Å². The van der Waals surface area contributed by atoms with E-state index in [4.69, 9.17) is 19.3 Å². The van der Waals surface area contributed by atoms with Crippen LogP contribution in [-0.4, -0.2) is 48.6 Å². The van der Waals surface area contributed by atoms with Crippen LogP contribution in [-0.2, 0) is 16.1 Å². The highest BCUT2D eigenvalue weighted by molar-refractivity contribution is 5.72. The smallest absolute Gasteiger partial charge is 0.334 e. The van der Waals surface area contributed by atoms with Gasteiger partial charge >= 0.3 is 5.97 Å². The molecule has 2 aliphatic rings. The van der Waals surface area contributed by atoms with E-state index in [9.17, 15) is 4.79 Å². The molecule has 2 aliphatic heterocycles. The summed E-state index contributed by atoms with van der Waals surface area (Å²) in [6.45, 7) is 2.53. The summed E-state index contributed by atoms with van der Waals surface area (Å²) >= 11 is 0. The Hall–Kier alpha value is -1.79. The fourth-order valence-corrected chi connectivity index (χ4v) is 2.29. The average Bonchev–Trinajstić information content (AvgIpc) is 2.86. The molecule has 1 aromatic rings. The van der Waals surface area contributed by atoms with Gasteiger partial charge in [-0.3, -0.25) is 4.90 Å². The van der Waals surface area contributed by atoms with Gasteiger partial charge in [0.1, 0.15) is 0 Å². The summed E-state index contributed by atoms with van der Waals surface area (Å²) in [5.74, 6) is 0.602. The molecule has 6 heteroatoms. The number of aliphatic carboxylic acids is 1. The number of carboxylic acid groups (broad SMARTS) is 1. The van der Waals surface area contributed by atoms with Gasteiger partial charge in [-0.05, 0) is 17.7 Å². The van der Waals surface area contributed by atoms with Crippen LogP contribution in [0.25, 0.3) is 0 Å². The normalized spacial score (nSPS) is 22.4. The second-order valence-corrected chi connectivity index (χ2v) is 4.62. The number of hydrogen-bond donors (Lipinski definition) is 1. The number of morpholine rings is 1. The van der Waals surface area contributed by atoms with Gasteiger partial charge in [-0.15, -0.1) is 0 Å². The Labute approximate surface area is 110 Å². The van der Waals surface area contributed by atoms with Crippen molar-refractivity contribution in [2.24, 2.45) is 0 Å². The SMILES string of the molecule is O=C(O)C1CN(Cc2ccc3c(c2)OCO3)CCO1. The van der Waals surface area contributed by atoms with Crippen molar-refractivity contribution < 1.29 is 24.1 Å². The molecule has 1 fully saturated rings. The van der Waals surface area contributed by atoms with Gasteiger partial charge < -0.3 is 19.3 Å². The summed E-state index contributed by atoms with van der Waals surface area (Å²) in [7, 11) is 0. The molecule has 0 amide bonds. The van der Waals surface area contributed by atoms with Crippen LogP contribution in [0.5, 0.6) is 11.5 Å². The summed E-state index contributed by atoms with van der Waals surface area (Å²) in [5.41, 5.74) is 1.08. The average molecular weight is 265 g/mol. The Morgan fingerprint density at radius 3 is 3.05 bits per heavy atom. The third-order valence-corrected chi connectivity index (χ3v) is 3.27. The molecule has 0 saturated carbocycles. The first-order valence-corrected chi connectivity index (χ1v) is 6.17. The zero-order valence-corrected chi connectivity index (χ0v) is 10.4. The summed E-state index contributed by atoms with van der Waals surface area (Å²) < 4.78 is 15.8. The van der Waals surface area contributed by atoms with E-state index < -0.39 is 12.1 Å². The van der Waals surface area contributed by atoms with Gasteiger partial charge in [0, 0.05) is 19.6 Å². The molecule has 102 valence electrons. The van der Waals surface area contributed by atoms with E-state index in [1.165, 1.54) is 0 Å². The molecular formula is C13H15NO5. The number of benzene rings is 1. The third kappa shape index (κ3) is 2.64. The number of carbonyl (C=O) groups is 1. The maximum atomic E-state index is 10.9. The number of carboxylic acids is 1. The predicted octanol–water partition coefficient (Wildman–Crippen LogP) is 0.701. The molecule has 1 saturated heterocycles. The fraction of sp³-hybridized carbons (Fsp3) is 0.462. The number of nitrogens with zero attached hydrogens (tertiary/aromatic N) is 1. The van der Waals surface area contributed by atoms with Crippen molar-refractivity contribution >= 4 is 5.97 Å². The Balaban J connectivity index is 1.66. The lowest BCUT2D eigenvalue weighted by atomic mass is 10.1. The van der Waals surface area contributed by atoms with Crippen LogP contribution in [0.2, 0.25) is 0 Å². The monoisotopic (exact) mass is 265 g/mol. The van der Waals surface area contributed by atoms with E-state index in [-0.39, 0.29) is 6.79 Å². The van der Waals surface area contributed by atoms with Gasteiger partial charge in [0.25, 0.3) is 0 Å². The van der Waals surface area contributed by atoms with Gasteiger partial charge in [-0.1, -0.05) is 6.07 Å². The first-order chi connectivity index (χ1) is 9.22. The van der Waals surface area contributed by atoms with Crippen molar-refractivity contribution in [3.8, 4) is 11.5 Å². The first kappa shape index (κ1) is 12.3. The summed E-state index contributed by atoms with van der Waals surface area (Å²) in [6.07, 6.45) is -0.734. The van der Waals surface area contributed by atoms with Crippen molar-refractivity contribution in [2.45, 2.75) is 12.6 Å². The van der Waals surface area contributed by atoms with Crippen LogP contribution in [0.15, 0.2) is 18.2 Å². The minimum Gasteiger partial charge on any atom is -0.479 e. The van der Waals surface area contributed by atoms with Crippen LogP contribution < -0.4 is 9.47 Å². The van der Waals surface area contributed by atoms with E-state index in [1.807, 2.05) is 18.2 Å². The number of hydrogen-bond acceptors (Lipinski definition) is 5. The maximum absolute atomic E-state index is 10.9. The summed E-state index contributed by atoms with van der Waals surface area (Å²) in [6, 6.07) is 5.79. The Kier molecular flexibility index (Phi) is 3.27. The minimum atomic E-state index is -0.907. The zero-order chi connectivity index (χ0) is 13.2. The van der Waals surface area contributed by atoms with Crippen LogP contribution in [0.4, 0.5) is 0 Å². The Morgan fingerprint density at radius 1 is 1.37 bits per heavy atom. The van der Waals surface area contributed by atoms with Crippen molar-refractivity contribution in [1.82, 2.24) is 4.90 Å². The standard InChI is InChI=1S/C13H15NO5/c15-13(16)12-7-14(3-4-17-12)6-9-1-2-10-11(5-9)19-8-18-10/h1-2,5,12H,3-4,6-8H2,(H,15,16). The molecule has 1 aromatic carbocycles. The quantitative estimate of drug-likeness (QED) is 0.867. The maximum Gasteiger partial charge on any atom is 0.334 e. The van der Waals surface area contributed by atoms with E-state index in [0.717, 1.165) is 23.6 Å². The van der Waals surface area contributed by atoms with Crippen LogP contribution in [0.3, 0.4) is 0 Å². The van der Waals surface area contributed by atoms with Crippen molar-refractivity contribution in [2.75, 3.05) is 26.5 Å². The van der Waals surface area contributed by atoms with Gasteiger partial charge in [-0.25, -0.2) is 4.79 Å². The third-order valence-electron chi connectivity index (χ3n) is 3.27. The van der Waals surface area contributed by atoms with E-state index in [1.54, 1.807) is 0 Å². The van der Waals surface area contributed by atoms with Gasteiger partial charge in [0.2, 0.25) is 6.79 Å². The van der Waals surface area contributed by atoms with Gasteiger partial charge in [-0.2, -0.15) is 0 Å². The van der Waals surface area contributed by atoms with Crippen LogP contribution in [0.1, 0.15) is 5.56 Å². The van der Waals surface area contributed by atoms with E-state index in [2.05, 4.69) is 4.90 Å². The zero-order valence-electron chi connectivity index (χ0n) is 10.4. The number of rotatable bonds is 3. The molecule has 1 N–H and O–H groups in total. The molecule has 6 nitrogen and oxygen atoms in total. The number of fused-ring (bicyclic) bond motifs is 1. The lowest BCUT2D eigenvalue weighted by Gasteiger charge is -2.30. The Morgan fingerprint density at radius 2 is 2.21 bits per heavy atom. The van der Waals surface area contributed by atoms with E-state index >= 15 is 0 Å². The van der Waals surface area contributed by atoms with Crippen molar-refractivity contribution in [3.05, 3.63) is 23.8 Å². The number of ether oxygens (including phenoxy) is 3. The topological polar surface area (TPSA) is 68.2 Å². The summed E-state index contributed by atoms with van der Waals surface area (Å²) in [5, 5.41) is 8.96. The molecule has 3 rings (SSSR count). The molecule has 0 bridgehead atoms. The van der Waals surface area contributed by atoms with Crippen molar-refractivity contribution in [3.63, 3.8) is 0 Å². The van der Waals surface area contributed by atoms with Crippen LogP contribution in [0, 0.1) is 0 Å². The lowest BCUT2D eigenvalue weighted by Crippen LogP contribution is -2.45. The molecule has 0 radical (unpaired) electrons.